The molecule has 5 nitrogen and oxygen atoms in total. The summed E-state index contributed by atoms with van der Waals surface area (Å²) in [6, 6.07) is 5.96. The molecular weight excluding hydrogens is 528 g/mol. The Hall–Kier alpha value is 0.439. The van der Waals surface area contributed by atoms with Gasteiger partial charge < -0.3 is 21.3 Å². The maximum atomic E-state index is 5.12. The van der Waals surface area contributed by atoms with Crippen molar-refractivity contribution in [1.82, 2.24) is 4.98 Å². The van der Waals surface area contributed by atoms with Crippen molar-refractivity contribution < 1.29 is 13.1 Å². The summed E-state index contributed by atoms with van der Waals surface area (Å²) in [5.41, 5.74) is 2.20. The number of hydrogen-bond acceptors (Lipinski definition) is 2. The minimum atomic E-state index is 0.00694. The third-order valence-electron chi connectivity index (χ3n) is 7.01. The molecule has 0 radical (unpaired) electrons. The Bertz CT molecular complexity index is 668. The number of thioether (sulfide) groups is 1. The monoisotopic (exact) mass is 566 g/mol. The number of hydrogen-bond donors (Lipinski definition) is 0. The molecule has 0 aromatic carbocycles. The molecule has 1 aromatic heterocycles. The molecule has 3 aliphatic rings. The van der Waals surface area contributed by atoms with E-state index < -0.39 is 0 Å². The van der Waals surface area contributed by atoms with E-state index >= 15 is 0 Å². The molecule has 0 N–H and O–H groups in total. The number of rotatable bonds is 3. The topological polar surface area (TPSA) is 69.3 Å². The van der Waals surface area contributed by atoms with Crippen LogP contribution in [0.2, 0.25) is 0 Å². The molecule has 9 heteroatoms. The van der Waals surface area contributed by atoms with Crippen LogP contribution in [0, 0.1) is 0 Å². The molecule has 195 valence electrons. The Morgan fingerprint density at radius 2 is 1.26 bits per heavy atom. The van der Waals surface area contributed by atoms with Gasteiger partial charge in [-0.25, -0.2) is 0 Å². The van der Waals surface area contributed by atoms with Crippen molar-refractivity contribution in [2.75, 3.05) is 13.1 Å². The average Bonchev–Trinajstić information content (AvgIpc) is 2.85. The summed E-state index contributed by atoms with van der Waals surface area (Å²) in [4.78, 5) is 6.31. The van der Waals surface area contributed by atoms with Gasteiger partial charge in [0, 0.05) is 21.5 Å². The van der Waals surface area contributed by atoms with Crippen molar-refractivity contribution >= 4 is 32.0 Å². The number of halogens is 2. The van der Waals surface area contributed by atoms with Crippen LogP contribution in [-0.4, -0.2) is 47.5 Å². The molecule has 34 heavy (non-hydrogen) atoms. The van der Waals surface area contributed by atoms with Gasteiger partial charge in [0.2, 0.25) is 0 Å². The molecular formula is C25H39Cl2MnN5S-4. The van der Waals surface area contributed by atoms with Crippen LogP contribution < -0.4 is 0 Å². The van der Waals surface area contributed by atoms with Gasteiger partial charge >= 0.3 is 33.3 Å². The molecule has 1 aliphatic heterocycles. The maximum absolute atomic E-state index is 5.12. The van der Waals surface area contributed by atoms with Gasteiger partial charge in [-0.15, -0.1) is 24.9 Å². The molecule has 4 rings (SSSR count). The Kier molecular flexibility index (Phi) is 13.9. The number of pyridine rings is 1. The SMILES string of the molecule is CCC(C)Sc1cc2nc(c1)C[N-][C@@H]1CCCC[C@H]1[N-]CC[N-]C1CCCCC1[N-]C2.[Cl][Mn][Cl]. The van der Waals surface area contributed by atoms with Crippen LogP contribution in [0.5, 0.6) is 0 Å². The fourth-order valence-electron chi connectivity index (χ4n) is 5.07. The molecule has 2 bridgehead atoms. The summed E-state index contributed by atoms with van der Waals surface area (Å²) >= 11 is 1.96. The minimum absolute atomic E-state index is 0.00694. The van der Waals surface area contributed by atoms with E-state index in [1.807, 2.05) is 11.8 Å². The van der Waals surface area contributed by atoms with Crippen molar-refractivity contribution in [1.29, 1.82) is 0 Å². The van der Waals surface area contributed by atoms with E-state index in [1.54, 1.807) is 0 Å². The van der Waals surface area contributed by atoms with Crippen LogP contribution in [0.1, 0.15) is 83.0 Å². The first-order chi connectivity index (χ1) is 16.6. The number of nitrogens with zero attached hydrogens (tertiary/aromatic N) is 5. The molecule has 3 unspecified atom stereocenters. The molecule has 2 saturated carbocycles. The van der Waals surface area contributed by atoms with Gasteiger partial charge in [-0.05, 0) is 18.6 Å². The summed E-state index contributed by atoms with van der Waals surface area (Å²) in [6.45, 7) is 7.66. The summed E-state index contributed by atoms with van der Waals surface area (Å²) in [5, 5.41) is 20.9. The van der Waals surface area contributed by atoms with Gasteiger partial charge in [-0.2, -0.15) is 37.3 Å². The van der Waals surface area contributed by atoms with Crippen LogP contribution in [0.4, 0.5) is 0 Å². The second-order valence-electron chi connectivity index (χ2n) is 9.51. The Labute approximate surface area is 226 Å². The van der Waals surface area contributed by atoms with E-state index in [9.17, 15) is 0 Å². The van der Waals surface area contributed by atoms with E-state index in [0.29, 0.717) is 42.5 Å². The molecule has 0 spiro atoms. The van der Waals surface area contributed by atoms with Crippen LogP contribution in [0.15, 0.2) is 17.0 Å². The Morgan fingerprint density at radius 3 is 1.68 bits per heavy atom. The van der Waals surface area contributed by atoms with Gasteiger partial charge in [-0.3, -0.25) is 4.98 Å². The van der Waals surface area contributed by atoms with Gasteiger partial charge in [-0.1, -0.05) is 65.2 Å². The third-order valence-corrected chi connectivity index (χ3v) is 8.25. The molecule has 2 heterocycles. The molecule has 2 aliphatic carbocycles. The van der Waals surface area contributed by atoms with Crippen LogP contribution in [-0.2, 0) is 26.2 Å². The second-order valence-corrected chi connectivity index (χ2v) is 13.0. The van der Waals surface area contributed by atoms with E-state index in [1.165, 1.54) is 62.7 Å². The van der Waals surface area contributed by atoms with E-state index in [0.717, 1.165) is 24.5 Å². The van der Waals surface area contributed by atoms with Gasteiger partial charge in [0.25, 0.3) is 0 Å². The normalized spacial score (nSPS) is 29.3. The zero-order chi connectivity index (χ0) is 24.2. The molecule has 0 amide bonds. The predicted molar refractivity (Wildman–Crippen MR) is 144 cm³/mol. The molecule has 2 fully saturated rings. The Balaban J connectivity index is 0.00000103. The average molecular weight is 568 g/mol. The number of fused-ring (bicyclic) bond motifs is 4. The van der Waals surface area contributed by atoms with Crippen LogP contribution >= 0.6 is 32.0 Å². The van der Waals surface area contributed by atoms with Gasteiger partial charge in [0.15, 0.2) is 0 Å². The second kappa shape index (κ2) is 16.3. The summed E-state index contributed by atoms with van der Waals surface area (Å²) < 4.78 is 0. The fraction of sp³-hybridized carbons (Fsp3) is 0.800. The standard InChI is InChI=1S/C25H39N5S.2ClH.Mn/c1-3-18(2)31-21-14-19-16-28-24-10-6-4-8-22(24)26-12-13-27-23-9-5-7-11-25(23)29-17-20(15-21)30-19;;;/h14-15,18,22-25H,3-13,16-17H2,1-2H3;2*1H;/q-4;;;+2/p-2/t18?,22-,23?,24-,25?;;;/m1.../s1. The van der Waals surface area contributed by atoms with Crippen molar-refractivity contribution in [2.24, 2.45) is 0 Å². The van der Waals surface area contributed by atoms with Crippen molar-refractivity contribution in [3.05, 3.63) is 44.8 Å². The van der Waals surface area contributed by atoms with E-state index in [2.05, 4.69) is 26.0 Å². The Morgan fingerprint density at radius 1 is 0.853 bits per heavy atom. The molecule has 5 atom stereocenters. The van der Waals surface area contributed by atoms with E-state index in [4.69, 9.17) is 46.4 Å². The van der Waals surface area contributed by atoms with Crippen molar-refractivity contribution in [3.8, 4) is 0 Å². The van der Waals surface area contributed by atoms with Gasteiger partial charge in [0.05, 0.1) is 0 Å². The zero-order valence-corrected chi connectivity index (χ0v) is 24.0. The van der Waals surface area contributed by atoms with Crippen molar-refractivity contribution in [3.63, 3.8) is 0 Å². The van der Waals surface area contributed by atoms with Crippen LogP contribution in [0.25, 0.3) is 21.3 Å². The zero-order valence-electron chi connectivity index (χ0n) is 20.5. The quantitative estimate of drug-likeness (QED) is 0.272. The first kappa shape index (κ1) is 29.0. The first-order valence-electron chi connectivity index (χ1n) is 12.8. The molecule has 0 saturated heterocycles. The molecule has 1 aromatic rings. The van der Waals surface area contributed by atoms with E-state index in [-0.39, 0.29) is 13.1 Å². The number of aromatic nitrogens is 1. The van der Waals surface area contributed by atoms with Crippen molar-refractivity contribution in [2.45, 2.75) is 119 Å². The van der Waals surface area contributed by atoms with Gasteiger partial charge in [0.1, 0.15) is 0 Å². The summed E-state index contributed by atoms with van der Waals surface area (Å²) in [5.74, 6) is 0. The third kappa shape index (κ3) is 9.72. The summed E-state index contributed by atoms with van der Waals surface area (Å²) in [6.07, 6.45) is 11.0. The summed E-state index contributed by atoms with van der Waals surface area (Å²) in [7, 11) is 9.59. The predicted octanol–water partition coefficient (Wildman–Crippen LogP) is 8.48. The fourth-order valence-corrected chi connectivity index (χ4v) is 6.11. The first-order valence-corrected chi connectivity index (χ1v) is 17.0. The van der Waals surface area contributed by atoms with Crippen LogP contribution in [0.3, 0.4) is 0 Å².